The zero-order valence-corrected chi connectivity index (χ0v) is 11.4. The van der Waals surface area contributed by atoms with Gasteiger partial charge in [0, 0.05) is 17.4 Å². The highest BCUT2D eigenvalue weighted by molar-refractivity contribution is 6.26. The summed E-state index contributed by atoms with van der Waals surface area (Å²) < 4.78 is 5.66. The summed E-state index contributed by atoms with van der Waals surface area (Å²) >= 11 is 0. The van der Waals surface area contributed by atoms with Gasteiger partial charge in [0.15, 0.2) is 5.78 Å². The van der Waals surface area contributed by atoms with Crippen LogP contribution in [0.3, 0.4) is 0 Å². The standard InChI is InChI=1S/C17H16O3/c1-17-11-7-8-13(17)20-16(19)14(15(17)12(18)9-11)10-5-3-2-4-6-10/h2-6,11,13H,7-9H2,1H3/t11-,13-,17+/m1/s1. The number of ether oxygens (including phenoxy) is 1. The Labute approximate surface area is 117 Å². The predicted molar refractivity (Wildman–Crippen MR) is 73.7 cm³/mol. The van der Waals surface area contributed by atoms with Gasteiger partial charge in [-0.2, -0.15) is 0 Å². The predicted octanol–water partition coefficient (Wildman–Crippen LogP) is 2.75. The van der Waals surface area contributed by atoms with Gasteiger partial charge in [-0.05, 0) is 24.3 Å². The van der Waals surface area contributed by atoms with E-state index in [1.165, 1.54) is 0 Å². The number of rotatable bonds is 1. The van der Waals surface area contributed by atoms with E-state index in [-0.39, 0.29) is 23.3 Å². The van der Waals surface area contributed by atoms with Gasteiger partial charge < -0.3 is 4.74 Å². The van der Waals surface area contributed by atoms with Crippen molar-refractivity contribution in [3.63, 3.8) is 0 Å². The molecule has 3 aliphatic rings. The van der Waals surface area contributed by atoms with Crippen LogP contribution in [0.2, 0.25) is 0 Å². The summed E-state index contributed by atoms with van der Waals surface area (Å²) in [6.45, 7) is 2.10. The fraction of sp³-hybridized carbons (Fsp3) is 0.412. The van der Waals surface area contributed by atoms with Crippen molar-refractivity contribution >= 4 is 17.3 Å². The van der Waals surface area contributed by atoms with Crippen LogP contribution in [0.5, 0.6) is 0 Å². The maximum absolute atomic E-state index is 12.5. The van der Waals surface area contributed by atoms with Crippen molar-refractivity contribution in [2.75, 3.05) is 0 Å². The molecule has 1 aromatic rings. The van der Waals surface area contributed by atoms with Crippen LogP contribution in [0, 0.1) is 11.3 Å². The Hall–Kier alpha value is -1.90. The molecule has 2 aliphatic carbocycles. The quantitative estimate of drug-likeness (QED) is 0.736. The van der Waals surface area contributed by atoms with Crippen LogP contribution >= 0.6 is 0 Å². The molecule has 102 valence electrons. The largest absolute Gasteiger partial charge is 0.458 e. The number of esters is 1. The van der Waals surface area contributed by atoms with E-state index in [9.17, 15) is 9.59 Å². The lowest BCUT2D eigenvalue weighted by atomic mass is 9.73. The zero-order valence-electron chi connectivity index (χ0n) is 11.4. The van der Waals surface area contributed by atoms with Gasteiger partial charge in [0.1, 0.15) is 6.10 Å². The minimum atomic E-state index is -0.329. The summed E-state index contributed by atoms with van der Waals surface area (Å²) in [5.41, 5.74) is 1.76. The first kappa shape index (κ1) is 11.9. The van der Waals surface area contributed by atoms with Crippen molar-refractivity contribution in [3.8, 4) is 0 Å². The second-order valence-electron chi connectivity index (χ2n) is 6.19. The minimum Gasteiger partial charge on any atom is -0.458 e. The molecule has 0 unspecified atom stereocenters. The van der Waals surface area contributed by atoms with Gasteiger partial charge in [-0.25, -0.2) is 4.79 Å². The van der Waals surface area contributed by atoms with Crippen molar-refractivity contribution in [1.82, 2.24) is 0 Å². The van der Waals surface area contributed by atoms with Crippen LogP contribution in [-0.4, -0.2) is 17.9 Å². The van der Waals surface area contributed by atoms with Crippen LogP contribution in [0.4, 0.5) is 0 Å². The molecule has 3 heteroatoms. The van der Waals surface area contributed by atoms with E-state index in [0.29, 0.717) is 17.9 Å². The van der Waals surface area contributed by atoms with Crippen molar-refractivity contribution in [1.29, 1.82) is 0 Å². The Kier molecular flexibility index (Phi) is 2.27. The highest BCUT2D eigenvalue weighted by atomic mass is 16.5. The van der Waals surface area contributed by atoms with Gasteiger partial charge >= 0.3 is 5.97 Å². The molecule has 2 saturated carbocycles. The molecule has 0 N–H and O–H groups in total. The molecule has 1 heterocycles. The Morgan fingerprint density at radius 1 is 1.15 bits per heavy atom. The molecule has 3 atom stereocenters. The average Bonchev–Trinajstić information content (AvgIpc) is 2.88. The Morgan fingerprint density at radius 3 is 2.65 bits per heavy atom. The molecule has 1 aromatic carbocycles. The zero-order chi connectivity index (χ0) is 13.9. The summed E-state index contributed by atoms with van der Waals surface area (Å²) in [4.78, 5) is 24.8. The molecule has 0 bridgehead atoms. The lowest BCUT2D eigenvalue weighted by molar-refractivity contribution is -0.148. The summed E-state index contributed by atoms with van der Waals surface area (Å²) in [7, 11) is 0. The van der Waals surface area contributed by atoms with Crippen molar-refractivity contribution in [2.24, 2.45) is 11.3 Å². The maximum atomic E-state index is 12.5. The normalized spacial score (nSPS) is 35.2. The molecule has 0 amide bonds. The number of carbonyl (C=O) groups is 2. The molecular weight excluding hydrogens is 252 g/mol. The van der Waals surface area contributed by atoms with Crippen molar-refractivity contribution < 1.29 is 14.3 Å². The summed E-state index contributed by atoms with van der Waals surface area (Å²) in [6.07, 6.45) is 2.31. The number of carbonyl (C=O) groups excluding carboxylic acids is 2. The molecule has 3 nitrogen and oxygen atoms in total. The first-order chi connectivity index (χ1) is 9.62. The van der Waals surface area contributed by atoms with Gasteiger partial charge in [-0.1, -0.05) is 37.3 Å². The van der Waals surface area contributed by atoms with E-state index in [2.05, 4.69) is 6.92 Å². The smallest absolute Gasteiger partial charge is 0.339 e. The van der Waals surface area contributed by atoms with Crippen LogP contribution in [0.1, 0.15) is 31.7 Å². The van der Waals surface area contributed by atoms with Gasteiger partial charge in [0.2, 0.25) is 0 Å². The van der Waals surface area contributed by atoms with E-state index in [1.807, 2.05) is 30.3 Å². The van der Waals surface area contributed by atoms with Crippen LogP contribution in [0.15, 0.2) is 35.9 Å². The van der Waals surface area contributed by atoms with E-state index in [4.69, 9.17) is 4.74 Å². The SMILES string of the molecule is C[C@@]12C3=C(c4ccccc4)C(=O)O[C@@H]1CC[C@@H]2CC3=O. The topological polar surface area (TPSA) is 43.4 Å². The summed E-state index contributed by atoms with van der Waals surface area (Å²) in [5.74, 6) is 0.143. The Morgan fingerprint density at radius 2 is 1.90 bits per heavy atom. The highest BCUT2D eigenvalue weighted by Gasteiger charge is 2.61. The summed E-state index contributed by atoms with van der Waals surface area (Å²) in [5, 5.41) is 0. The molecule has 1 aliphatic heterocycles. The lowest BCUT2D eigenvalue weighted by Crippen LogP contribution is -2.40. The fourth-order valence-electron chi connectivity index (χ4n) is 4.27. The third kappa shape index (κ3) is 1.30. The molecule has 0 aromatic heterocycles. The van der Waals surface area contributed by atoms with E-state index in [0.717, 1.165) is 24.0 Å². The molecule has 0 radical (unpaired) electrons. The van der Waals surface area contributed by atoms with Crippen LogP contribution in [0.25, 0.3) is 5.57 Å². The molecule has 2 fully saturated rings. The Balaban J connectivity index is 2.00. The highest BCUT2D eigenvalue weighted by Crippen LogP contribution is 2.60. The molecular formula is C17H16O3. The second kappa shape index (κ2) is 3.81. The van der Waals surface area contributed by atoms with Gasteiger partial charge in [-0.3, -0.25) is 4.79 Å². The third-order valence-corrected chi connectivity index (χ3v) is 5.31. The number of Topliss-reactive ketones (excluding diaryl/α,β-unsaturated/α-hetero) is 1. The number of ketones is 1. The van der Waals surface area contributed by atoms with Crippen LogP contribution < -0.4 is 0 Å². The fourth-order valence-corrected chi connectivity index (χ4v) is 4.27. The number of hydrogen-bond acceptors (Lipinski definition) is 3. The van der Waals surface area contributed by atoms with Crippen molar-refractivity contribution in [3.05, 3.63) is 41.5 Å². The van der Waals surface area contributed by atoms with Gasteiger partial charge in [-0.15, -0.1) is 0 Å². The first-order valence-corrected chi connectivity index (χ1v) is 7.16. The average molecular weight is 268 g/mol. The van der Waals surface area contributed by atoms with Crippen molar-refractivity contribution in [2.45, 2.75) is 32.3 Å². The Bertz CT molecular complexity index is 643. The molecule has 0 saturated heterocycles. The monoisotopic (exact) mass is 268 g/mol. The summed E-state index contributed by atoms with van der Waals surface area (Å²) in [6, 6.07) is 9.43. The second-order valence-corrected chi connectivity index (χ2v) is 6.19. The van der Waals surface area contributed by atoms with E-state index >= 15 is 0 Å². The number of hydrogen-bond donors (Lipinski definition) is 0. The molecule has 4 rings (SSSR count). The lowest BCUT2D eigenvalue weighted by Gasteiger charge is -2.37. The minimum absolute atomic E-state index is 0.117. The van der Waals surface area contributed by atoms with Crippen LogP contribution in [-0.2, 0) is 14.3 Å². The molecule has 0 spiro atoms. The van der Waals surface area contributed by atoms with E-state index < -0.39 is 0 Å². The molecule has 20 heavy (non-hydrogen) atoms. The maximum Gasteiger partial charge on any atom is 0.339 e. The van der Waals surface area contributed by atoms with E-state index in [1.54, 1.807) is 0 Å². The van der Waals surface area contributed by atoms with Gasteiger partial charge in [0.05, 0.1) is 5.57 Å². The number of benzene rings is 1. The van der Waals surface area contributed by atoms with Gasteiger partial charge in [0.25, 0.3) is 0 Å². The first-order valence-electron chi connectivity index (χ1n) is 7.16. The third-order valence-electron chi connectivity index (χ3n) is 5.31.